The number of ether oxygens (including phenoxy) is 2. The van der Waals surface area contributed by atoms with Gasteiger partial charge in [0.2, 0.25) is 0 Å². The second-order valence-electron chi connectivity index (χ2n) is 7.15. The molecule has 0 heterocycles. The van der Waals surface area contributed by atoms with E-state index < -0.39 is 0 Å². The third-order valence-corrected chi connectivity index (χ3v) is 5.08. The van der Waals surface area contributed by atoms with E-state index in [2.05, 4.69) is 10.6 Å². The summed E-state index contributed by atoms with van der Waals surface area (Å²) in [6.45, 7) is 2.72. The summed E-state index contributed by atoms with van der Waals surface area (Å²) in [5.41, 5.74) is 4.07. The fraction of sp³-hybridized carbons (Fsp3) is 0.240. The van der Waals surface area contributed by atoms with Gasteiger partial charge in [0.15, 0.2) is 17.5 Å². The highest BCUT2D eigenvalue weighted by Crippen LogP contribution is 2.28. The SMILES string of the molecule is COc1ccc(CC[NH2+][C@H](C)C(=O)Nc2ccccc2-c2ccccc2)cc1OC. The zero-order valence-corrected chi connectivity index (χ0v) is 17.7. The number of carbonyl (C=O) groups is 1. The summed E-state index contributed by atoms with van der Waals surface area (Å²) in [5.74, 6) is 1.43. The molecule has 1 atom stereocenters. The predicted molar refractivity (Wildman–Crippen MR) is 120 cm³/mol. The minimum absolute atomic E-state index is 0.00862. The van der Waals surface area contributed by atoms with Crippen molar-refractivity contribution in [3.63, 3.8) is 0 Å². The Morgan fingerprint density at radius 3 is 2.37 bits per heavy atom. The van der Waals surface area contributed by atoms with Gasteiger partial charge in [-0.25, -0.2) is 0 Å². The minimum atomic E-state index is -0.200. The molecule has 3 aromatic rings. The van der Waals surface area contributed by atoms with Gasteiger partial charge in [0.1, 0.15) is 0 Å². The topological polar surface area (TPSA) is 64.2 Å². The lowest BCUT2D eigenvalue weighted by Crippen LogP contribution is -2.92. The van der Waals surface area contributed by atoms with Crippen LogP contribution in [0.15, 0.2) is 72.8 Å². The molecule has 0 bridgehead atoms. The van der Waals surface area contributed by atoms with Crippen molar-refractivity contribution in [2.75, 3.05) is 26.1 Å². The fourth-order valence-corrected chi connectivity index (χ4v) is 3.35. The van der Waals surface area contributed by atoms with E-state index in [9.17, 15) is 4.79 Å². The van der Waals surface area contributed by atoms with Crippen LogP contribution in [0.3, 0.4) is 0 Å². The number of nitrogens with two attached hydrogens (primary N) is 1. The molecule has 3 aromatic carbocycles. The summed E-state index contributed by atoms with van der Waals surface area (Å²) in [6.07, 6.45) is 0.832. The number of benzene rings is 3. The number of para-hydroxylation sites is 1. The fourth-order valence-electron chi connectivity index (χ4n) is 3.35. The number of anilines is 1. The van der Waals surface area contributed by atoms with Gasteiger partial charge in [0.05, 0.1) is 20.8 Å². The van der Waals surface area contributed by atoms with E-state index in [4.69, 9.17) is 9.47 Å². The number of rotatable bonds is 9. The third-order valence-electron chi connectivity index (χ3n) is 5.08. The summed E-state index contributed by atoms with van der Waals surface area (Å²) in [5, 5.41) is 5.14. The van der Waals surface area contributed by atoms with E-state index in [1.807, 2.05) is 79.7 Å². The largest absolute Gasteiger partial charge is 0.493 e. The molecule has 0 spiro atoms. The highest BCUT2D eigenvalue weighted by Gasteiger charge is 2.17. The van der Waals surface area contributed by atoms with E-state index in [0.717, 1.165) is 46.8 Å². The van der Waals surface area contributed by atoms with Crippen molar-refractivity contribution in [3.05, 3.63) is 78.4 Å². The molecule has 0 unspecified atom stereocenters. The number of carbonyl (C=O) groups excluding carboxylic acids is 1. The maximum atomic E-state index is 12.7. The molecule has 0 aliphatic carbocycles. The lowest BCUT2D eigenvalue weighted by atomic mass is 10.0. The van der Waals surface area contributed by atoms with Gasteiger partial charge in [-0.05, 0) is 36.2 Å². The number of quaternary nitrogens is 1. The van der Waals surface area contributed by atoms with Crippen molar-refractivity contribution >= 4 is 11.6 Å². The maximum absolute atomic E-state index is 12.7. The van der Waals surface area contributed by atoms with Crippen molar-refractivity contribution < 1.29 is 19.6 Å². The van der Waals surface area contributed by atoms with Crippen molar-refractivity contribution in [1.29, 1.82) is 0 Å². The molecule has 0 aliphatic heterocycles. The molecule has 1 amide bonds. The van der Waals surface area contributed by atoms with Gasteiger partial charge in [-0.15, -0.1) is 0 Å². The van der Waals surface area contributed by atoms with Crippen LogP contribution in [0.2, 0.25) is 0 Å². The highest BCUT2D eigenvalue weighted by atomic mass is 16.5. The lowest BCUT2D eigenvalue weighted by Gasteiger charge is -2.15. The molecule has 3 rings (SSSR count). The van der Waals surface area contributed by atoms with E-state index in [1.54, 1.807) is 14.2 Å². The standard InChI is InChI=1S/C25H28N2O3/c1-18(26-16-15-19-13-14-23(29-2)24(17-19)30-3)25(28)27-22-12-8-7-11-21(22)20-9-5-4-6-10-20/h4-14,17-18,26H,15-16H2,1-3H3,(H,27,28)/p+1/t18-/m1/s1. The summed E-state index contributed by atoms with van der Waals surface area (Å²) in [6, 6.07) is 23.7. The van der Waals surface area contributed by atoms with E-state index >= 15 is 0 Å². The second kappa shape index (κ2) is 10.5. The first-order chi connectivity index (χ1) is 14.6. The molecular formula is C25H29N2O3+. The van der Waals surface area contributed by atoms with Gasteiger partial charge < -0.3 is 20.1 Å². The quantitative estimate of drug-likeness (QED) is 0.573. The number of hydrogen-bond acceptors (Lipinski definition) is 3. The lowest BCUT2D eigenvalue weighted by molar-refractivity contribution is -0.672. The monoisotopic (exact) mass is 405 g/mol. The van der Waals surface area contributed by atoms with E-state index in [0.29, 0.717) is 0 Å². The Bertz CT molecular complexity index is 973. The van der Waals surface area contributed by atoms with Gasteiger partial charge in [-0.1, -0.05) is 54.6 Å². The van der Waals surface area contributed by atoms with Crippen LogP contribution in [0.5, 0.6) is 11.5 Å². The first-order valence-electron chi connectivity index (χ1n) is 10.1. The molecule has 0 radical (unpaired) electrons. The molecule has 0 fully saturated rings. The molecule has 5 heteroatoms. The number of amides is 1. The zero-order chi connectivity index (χ0) is 21.3. The molecule has 5 nitrogen and oxygen atoms in total. The summed E-state index contributed by atoms with van der Waals surface area (Å²) in [4.78, 5) is 12.7. The molecule has 0 aromatic heterocycles. The second-order valence-corrected chi connectivity index (χ2v) is 7.15. The molecular weight excluding hydrogens is 376 g/mol. The molecule has 0 saturated heterocycles. The first kappa shape index (κ1) is 21.4. The molecule has 0 saturated carbocycles. The Balaban J connectivity index is 1.57. The molecule has 0 aliphatic rings. The van der Waals surface area contributed by atoms with Crippen molar-refractivity contribution in [2.24, 2.45) is 0 Å². The molecule has 156 valence electrons. The highest BCUT2D eigenvalue weighted by molar-refractivity contribution is 5.97. The van der Waals surface area contributed by atoms with Crippen LogP contribution < -0.4 is 20.1 Å². The van der Waals surface area contributed by atoms with Gasteiger partial charge >= 0.3 is 0 Å². The molecule has 30 heavy (non-hydrogen) atoms. The van der Waals surface area contributed by atoms with E-state index in [-0.39, 0.29) is 11.9 Å². The first-order valence-corrected chi connectivity index (χ1v) is 10.1. The Morgan fingerprint density at radius 2 is 1.63 bits per heavy atom. The number of nitrogens with one attached hydrogen (secondary N) is 1. The smallest absolute Gasteiger partial charge is 0.282 e. The van der Waals surface area contributed by atoms with Crippen molar-refractivity contribution in [2.45, 2.75) is 19.4 Å². The summed E-state index contributed by atoms with van der Waals surface area (Å²) < 4.78 is 10.6. The summed E-state index contributed by atoms with van der Waals surface area (Å²) in [7, 11) is 3.26. The summed E-state index contributed by atoms with van der Waals surface area (Å²) >= 11 is 0. The van der Waals surface area contributed by atoms with Crippen LogP contribution in [0, 0.1) is 0 Å². The maximum Gasteiger partial charge on any atom is 0.282 e. The van der Waals surface area contributed by atoms with Crippen LogP contribution in [-0.4, -0.2) is 32.7 Å². The normalized spacial score (nSPS) is 11.6. The third kappa shape index (κ3) is 5.39. The van der Waals surface area contributed by atoms with E-state index in [1.165, 1.54) is 0 Å². The van der Waals surface area contributed by atoms with Gasteiger partial charge in [0.25, 0.3) is 5.91 Å². The Morgan fingerprint density at radius 1 is 0.933 bits per heavy atom. The van der Waals surface area contributed by atoms with Crippen LogP contribution in [0.4, 0.5) is 5.69 Å². The predicted octanol–water partition coefficient (Wildman–Crippen LogP) is 3.50. The molecule has 3 N–H and O–H groups in total. The average molecular weight is 406 g/mol. The zero-order valence-electron chi connectivity index (χ0n) is 17.7. The van der Waals surface area contributed by atoms with Crippen LogP contribution in [0.1, 0.15) is 12.5 Å². The van der Waals surface area contributed by atoms with Crippen LogP contribution in [0.25, 0.3) is 11.1 Å². The van der Waals surface area contributed by atoms with Crippen molar-refractivity contribution in [1.82, 2.24) is 0 Å². The Labute approximate surface area is 178 Å². The Hall–Kier alpha value is -3.31. The minimum Gasteiger partial charge on any atom is -0.493 e. The number of hydrogen-bond donors (Lipinski definition) is 2. The average Bonchev–Trinajstić information content (AvgIpc) is 2.79. The Kier molecular flexibility index (Phi) is 7.46. The van der Waals surface area contributed by atoms with Crippen LogP contribution >= 0.6 is 0 Å². The van der Waals surface area contributed by atoms with Gasteiger partial charge in [-0.2, -0.15) is 0 Å². The van der Waals surface area contributed by atoms with Gasteiger partial charge in [0, 0.05) is 17.7 Å². The van der Waals surface area contributed by atoms with Gasteiger partial charge in [-0.3, -0.25) is 4.79 Å². The number of methoxy groups -OCH3 is 2. The van der Waals surface area contributed by atoms with Crippen molar-refractivity contribution in [3.8, 4) is 22.6 Å². The van der Waals surface area contributed by atoms with Crippen LogP contribution in [-0.2, 0) is 11.2 Å².